The van der Waals surface area contributed by atoms with E-state index < -0.39 is 0 Å². The van der Waals surface area contributed by atoms with Gasteiger partial charge in [-0.1, -0.05) is 62.6 Å². The highest BCUT2D eigenvalue weighted by atomic mass is 14.2. The highest BCUT2D eigenvalue weighted by molar-refractivity contribution is 6.62. The Hall–Kier alpha value is -0.195. The van der Waals surface area contributed by atoms with Crippen molar-refractivity contribution in [2.45, 2.75) is 62.9 Å². The van der Waals surface area contributed by atoms with Crippen LogP contribution < -0.4 is 0 Å². The van der Waals surface area contributed by atoms with Crippen molar-refractivity contribution in [1.82, 2.24) is 0 Å². The number of fused-ring (bicyclic) bond motifs is 2. The lowest BCUT2D eigenvalue weighted by atomic mass is 9.26. The molecule has 2 rings (SSSR count). The molecule has 13 heavy (non-hydrogen) atoms. The summed E-state index contributed by atoms with van der Waals surface area (Å²) >= 11 is 0. The lowest BCUT2D eigenvalue weighted by Crippen LogP contribution is -2.34. The van der Waals surface area contributed by atoms with E-state index in [2.05, 4.69) is 12.7 Å². The van der Waals surface area contributed by atoms with Crippen molar-refractivity contribution in [1.29, 1.82) is 0 Å². The molecule has 0 N–H and O–H groups in total. The van der Waals surface area contributed by atoms with Crippen molar-refractivity contribution in [3.63, 3.8) is 0 Å². The second-order valence-corrected chi connectivity index (χ2v) is 4.91. The van der Waals surface area contributed by atoms with E-state index in [1.54, 1.807) is 0 Å². The predicted octanol–water partition coefficient (Wildman–Crippen LogP) is 4.17. The molecule has 2 heterocycles. The van der Waals surface area contributed by atoms with Crippen molar-refractivity contribution in [3.8, 4) is 0 Å². The van der Waals surface area contributed by atoms with Gasteiger partial charge in [-0.15, -0.1) is 6.58 Å². The molecule has 0 radical (unpaired) electrons. The Morgan fingerprint density at radius 3 is 2.08 bits per heavy atom. The van der Waals surface area contributed by atoms with Crippen molar-refractivity contribution >= 4 is 6.71 Å². The smallest absolute Gasteiger partial charge is 0.103 e. The summed E-state index contributed by atoms with van der Waals surface area (Å²) in [5.41, 5.74) is 0. The first-order valence-corrected chi connectivity index (χ1v) is 6.02. The van der Waals surface area contributed by atoms with Crippen LogP contribution >= 0.6 is 0 Å². The molecule has 0 aromatic rings. The topological polar surface area (TPSA) is 0 Å². The van der Waals surface area contributed by atoms with Crippen LogP contribution in [0.4, 0.5) is 0 Å². The van der Waals surface area contributed by atoms with Crippen LogP contribution in [0.25, 0.3) is 0 Å². The second kappa shape index (κ2) is 4.35. The van der Waals surface area contributed by atoms with Gasteiger partial charge >= 0.3 is 0 Å². The van der Waals surface area contributed by atoms with Gasteiger partial charge < -0.3 is 0 Å². The first-order valence-electron chi connectivity index (χ1n) is 6.02. The quantitative estimate of drug-likeness (QED) is 0.447. The molecule has 0 unspecified atom stereocenters. The van der Waals surface area contributed by atoms with Crippen molar-refractivity contribution in [2.24, 2.45) is 0 Å². The van der Waals surface area contributed by atoms with Crippen LogP contribution in [-0.2, 0) is 0 Å². The minimum Gasteiger partial charge on any atom is -0.103 e. The van der Waals surface area contributed by atoms with E-state index in [-0.39, 0.29) is 0 Å². The summed E-state index contributed by atoms with van der Waals surface area (Å²) in [5.74, 6) is 2.18. The third kappa shape index (κ3) is 2.00. The minimum absolute atomic E-state index is 1.07. The molecule has 2 saturated heterocycles. The molecule has 1 heteroatoms. The fraction of sp³-hybridized carbons (Fsp3) is 0.833. The van der Waals surface area contributed by atoms with Gasteiger partial charge in [0.1, 0.15) is 6.71 Å². The fourth-order valence-electron chi connectivity index (χ4n) is 3.60. The first kappa shape index (κ1) is 9.36. The monoisotopic (exact) mass is 176 g/mol. The number of allylic oxidation sites excluding steroid dienone is 1. The van der Waals surface area contributed by atoms with Gasteiger partial charge in [-0.2, -0.15) is 0 Å². The molecule has 2 bridgehead atoms. The molecular weight excluding hydrogens is 155 g/mol. The molecule has 0 atom stereocenters. The van der Waals surface area contributed by atoms with Crippen molar-refractivity contribution < 1.29 is 0 Å². The van der Waals surface area contributed by atoms with E-state index in [1.165, 1.54) is 51.3 Å². The van der Waals surface area contributed by atoms with Crippen LogP contribution in [0.3, 0.4) is 0 Å². The van der Waals surface area contributed by atoms with Gasteiger partial charge in [0.05, 0.1) is 0 Å². The van der Waals surface area contributed by atoms with E-state index in [1.807, 2.05) is 0 Å². The van der Waals surface area contributed by atoms with E-state index in [0.29, 0.717) is 0 Å². The van der Waals surface area contributed by atoms with Crippen LogP contribution in [0.2, 0.25) is 18.0 Å². The lowest BCUT2D eigenvalue weighted by Gasteiger charge is -2.40. The summed E-state index contributed by atoms with van der Waals surface area (Å²) < 4.78 is 0. The zero-order valence-electron chi connectivity index (χ0n) is 8.67. The molecular formula is C12H21B. The standard InChI is InChI=1S/C12H21B/c1-2-3-10-13-11-6-4-7-12(13)9-5-8-11/h2,11-12H,1,3-10H2. The van der Waals surface area contributed by atoms with Gasteiger partial charge in [0, 0.05) is 0 Å². The highest BCUT2D eigenvalue weighted by Crippen LogP contribution is 2.47. The molecule has 0 aliphatic carbocycles. The Kier molecular flexibility index (Phi) is 3.13. The molecule has 2 aliphatic rings. The van der Waals surface area contributed by atoms with Gasteiger partial charge in [-0.3, -0.25) is 0 Å². The number of rotatable bonds is 3. The SMILES string of the molecule is C=CCCB1C2CCCC1CCC2. The third-order valence-corrected chi connectivity index (χ3v) is 4.21. The molecule has 0 amide bonds. The van der Waals surface area contributed by atoms with E-state index >= 15 is 0 Å². The third-order valence-electron chi connectivity index (χ3n) is 4.21. The Balaban J connectivity index is 1.94. The summed E-state index contributed by atoms with van der Waals surface area (Å²) in [4.78, 5) is 0. The molecule has 0 aromatic heterocycles. The number of hydrogen-bond acceptors (Lipinski definition) is 0. The lowest BCUT2D eigenvalue weighted by molar-refractivity contribution is 0.441. The molecule has 0 nitrogen and oxygen atoms in total. The number of hydrogen-bond donors (Lipinski definition) is 0. The Bertz CT molecular complexity index is 154. The molecule has 0 spiro atoms. The van der Waals surface area contributed by atoms with E-state index in [4.69, 9.17) is 0 Å². The predicted molar refractivity (Wildman–Crippen MR) is 60.6 cm³/mol. The maximum atomic E-state index is 3.84. The first-order chi connectivity index (χ1) is 6.42. The van der Waals surface area contributed by atoms with Crippen LogP contribution in [-0.4, -0.2) is 6.71 Å². The highest BCUT2D eigenvalue weighted by Gasteiger charge is 2.37. The molecule has 2 aliphatic heterocycles. The van der Waals surface area contributed by atoms with E-state index in [9.17, 15) is 0 Å². The Labute approximate surface area is 82.9 Å². The average molecular weight is 176 g/mol. The molecule has 0 saturated carbocycles. The van der Waals surface area contributed by atoms with Crippen LogP contribution in [0.5, 0.6) is 0 Å². The molecule has 72 valence electrons. The summed E-state index contributed by atoms with van der Waals surface area (Å²) in [6.45, 7) is 4.91. The Morgan fingerprint density at radius 1 is 1.08 bits per heavy atom. The van der Waals surface area contributed by atoms with Gasteiger partial charge in [-0.05, 0) is 6.42 Å². The summed E-state index contributed by atoms with van der Waals surface area (Å²) in [6, 6.07) is 0. The molecule has 0 aromatic carbocycles. The summed E-state index contributed by atoms with van der Waals surface area (Å²) in [6.07, 6.45) is 13.9. The minimum atomic E-state index is 1.07. The van der Waals surface area contributed by atoms with Crippen molar-refractivity contribution in [3.05, 3.63) is 12.7 Å². The zero-order valence-corrected chi connectivity index (χ0v) is 8.67. The van der Waals surface area contributed by atoms with Crippen LogP contribution in [0.15, 0.2) is 12.7 Å². The van der Waals surface area contributed by atoms with Crippen LogP contribution in [0.1, 0.15) is 44.9 Å². The van der Waals surface area contributed by atoms with E-state index in [0.717, 1.165) is 18.3 Å². The fourth-order valence-corrected chi connectivity index (χ4v) is 3.60. The maximum absolute atomic E-state index is 3.84. The van der Waals surface area contributed by atoms with Gasteiger partial charge in [-0.25, -0.2) is 0 Å². The van der Waals surface area contributed by atoms with Crippen LogP contribution in [0, 0.1) is 0 Å². The van der Waals surface area contributed by atoms with Crippen molar-refractivity contribution in [2.75, 3.05) is 0 Å². The molecule has 2 fully saturated rings. The Morgan fingerprint density at radius 2 is 1.62 bits per heavy atom. The summed E-state index contributed by atoms with van der Waals surface area (Å²) in [5, 5.41) is 0. The largest absolute Gasteiger partial charge is 0.146 e. The van der Waals surface area contributed by atoms with Gasteiger partial charge in [0.25, 0.3) is 0 Å². The summed E-state index contributed by atoms with van der Waals surface area (Å²) in [7, 11) is 0. The normalized spacial score (nSPS) is 33.1. The average Bonchev–Trinajstić information content (AvgIpc) is 2.14. The maximum Gasteiger partial charge on any atom is 0.146 e. The zero-order chi connectivity index (χ0) is 9.10. The van der Waals surface area contributed by atoms with Gasteiger partial charge in [0.15, 0.2) is 0 Å². The second-order valence-electron chi connectivity index (χ2n) is 4.91. The van der Waals surface area contributed by atoms with Gasteiger partial charge in [0.2, 0.25) is 0 Å².